The monoisotopic (exact) mass is 373 g/mol. The van der Waals surface area contributed by atoms with Crippen LogP contribution in [-0.2, 0) is 19.4 Å². The average molecular weight is 373 g/mol. The summed E-state index contributed by atoms with van der Waals surface area (Å²) in [7, 11) is -3.74. The van der Waals surface area contributed by atoms with Crippen molar-refractivity contribution in [1.82, 2.24) is 0 Å². The topological polar surface area (TPSA) is 86.5 Å². The van der Waals surface area contributed by atoms with Gasteiger partial charge in [-0.25, -0.2) is 8.42 Å². The first-order valence-corrected chi connectivity index (χ1v) is 10.2. The summed E-state index contributed by atoms with van der Waals surface area (Å²) in [5, 5.41) is -0.927. The third-order valence-corrected chi connectivity index (χ3v) is 7.38. The van der Waals surface area contributed by atoms with Gasteiger partial charge in [0, 0.05) is 12.5 Å². The molecule has 0 spiro atoms. The van der Waals surface area contributed by atoms with Gasteiger partial charge in [0.2, 0.25) is 0 Å². The van der Waals surface area contributed by atoms with Crippen LogP contribution in [0.3, 0.4) is 0 Å². The van der Waals surface area contributed by atoms with Crippen molar-refractivity contribution in [3.63, 3.8) is 0 Å². The van der Waals surface area contributed by atoms with Crippen LogP contribution in [0.2, 0.25) is 0 Å². The SMILES string of the molecule is CCOC(=O)[C@@]1(CN)[C@H](c2ccccc2)[C@@H]1S(=O)(=O)c1ccc(C)cc1. The molecule has 0 amide bonds. The van der Waals surface area contributed by atoms with E-state index in [0.29, 0.717) is 0 Å². The summed E-state index contributed by atoms with van der Waals surface area (Å²) in [5.41, 5.74) is 6.45. The molecule has 0 aliphatic heterocycles. The van der Waals surface area contributed by atoms with E-state index in [4.69, 9.17) is 10.5 Å². The first-order valence-electron chi connectivity index (χ1n) is 8.62. The number of benzene rings is 2. The molecule has 1 saturated carbocycles. The van der Waals surface area contributed by atoms with E-state index in [-0.39, 0.29) is 18.0 Å². The molecular formula is C20H23NO4S. The van der Waals surface area contributed by atoms with Crippen molar-refractivity contribution in [3.05, 3.63) is 65.7 Å². The fourth-order valence-corrected chi connectivity index (χ4v) is 6.08. The number of ether oxygens (including phenoxy) is 1. The predicted molar refractivity (Wildman–Crippen MR) is 99.5 cm³/mol. The van der Waals surface area contributed by atoms with Crippen LogP contribution in [0, 0.1) is 12.3 Å². The van der Waals surface area contributed by atoms with Crippen molar-refractivity contribution in [2.24, 2.45) is 11.1 Å². The maximum atomic E-state index is 13.3. The van der Waals surface area contributed by atoms with Crippen LogP contribution in [0.15, 0.2) is 59.5 Å². The first kappa shape index (κ1) is 18.6. The zero-order chi connectivity index (χ0) is 18.9. The second-order valence-corrected chi connectivity index (χ2v) is 8.70. The number of sulfone groups is 1. The van der Waals surface area contributed by atoms with Gasteiger partial charge < -0.3 is 10.5 Å². The van der Waals surface area contributed by atoms with Crippen LogP contribution in [0.5, 0.6) is 0 Å². The van der Waals surface area contributed by atoms with Gasteiger partial charge in [-0.3, -0.25) is 4.79 Å². The molecule has 6 heteroatoms. The van der Waals surface area contributed by atoms with E-state index in [9.17, 15) is 13.2 Å². The molecule has 1 aliphatic rings. The summed E-state index contributed by atoms with van der Waals surface area (Å²) < 4.78 is 31.8. The normalized spacial score (nSPS) is 24.9. The number of hydrogen-bond donors (Lipinski definition) is 1. The molecule has 138 valence electrons. The highest BCUT2D eigenvalue weighted by Crippen LogP contribution is 2.64. The Morgan fingerprint density at radius 1 is 1.12 bits per heavy atom. The molecule has 0 heterocycles. The molecule has 3 rings (SSSR count). The lowest BCUT2D eigenvalue weighted by atomic mass is 9.99. The molecule has 0 unspecified atom stereocenters. The van der Waals surface area contributed by atoms with Gasteiger partial charge in [0.15, 0.2) is 9.84 Å². The van der Waals surface area contributed by atoms with E-state index in [1.54, 1.807) is 31.2 Å². The number of carbonyl (C=O) groups is 1. The standard InChI is InChI=1S/C20H23NO4S/c1-3-25-19(22)20(13-21)17(15-7-5-4-6-8-15)18(20)26(23,24)16-11-9-14(2)10-12-16/h4-12,17-18H,3,13,21H2,1-2H3/t17-,18+,20+/m1/s1. The van der Waals surface area contributed by atoms with Crippen molar-refractivity contribution in [2.45, 2.75) is 29.9 Å². The summed E-state index contributed by atoms with van der Waals surface area (Å²) in [5.74, 6) is -1.06. The third kappa shape index (κ3) is 2.83. The van der Waals surface area contributed by atoms with Crippen molar-refractivity contribution in [3.8, 4) is 0 Å². The lowest BCUT2D eigenvalue weighted by Crippen LogP contribution is -2.33. The van der Waals surface area contributed by atoms with Gasteiger partial charge in [-0.1, -0.05) is 48.0 Å². The maximum absolute atomic E-state index is 13.3. The second-order valence-electron chi connectivity index (χ2n) is 6.63. The zero-order valence-corrected chi connectivity index (χ0v) is 15.7. The van der Waals surface area contributed by atoms with Gasteiger partial charge in [-0.05, 0) is 31.5 Å². The number of hydrogen-bond acceptors (Lipinski definition) is 5. The van der Waals surface area contributed by atoms with E-state index < -0.39 is 32.4 Å². The summed E-state index contributed by atoms with van der Waals surface area (Å²) in [4.78, 5) is 12.9. The highest BCUT2D eigenvalue weighted by molar-refractivity contribution is 7.92. The van der Waals surface area contributed by atoms with Crippen LogP contribution >= 0.6 is 0 Å². The van der Waals surface area contributed by atoms with Crippen LogP contribution in [0.25, 0.3) is 0 Å². The highest BCUT2D eigenvalue weighted by Gasteiger charge is 2.75. The average Bonchev–Trinajstić information content (AvgIpc) is 3.35. The number of esters is 1. The molecule has 2 N–H and O–H groups in total. The number of rotatable bonds is 6. The summed E-state index contributed by atoms with van der Waals surface area (Å²) >= 11 is 0. The van der Waals surface area contributed by atoms with Gasteiger partial charge in [0.05, 0.1) is 16.8 Å². The minimum atomic E-state index is -3.74. The molecular weight excluding hydrogens is 350 g/mol. The van der Waals surface area contributed by atoms with Gasteiger partial charge in [-0.2, -0.15) is 0 Å². The van der Waals surface area contributed by atoms with Crippen LogP contribution < -0.4 is 5.73 Å². The Labute approximate surface area is 154 Å². The predicted octanol–water partition coefficient (Wildman–Crippen LogP) is 2.44. The fourth-order valence-electron chi connectivity index (χ4n) is 3.70. The molecule has 5 nitrogen and oxygen atoms in total. The Bertz CT molecular complexity index is 893. The molecule has 26 heavy (non-hydrogen) atoms. The van der Waals surface area contributed by atoms with E-state index >= 15 is 0 Å². The molecule has 2 aromatic rings. The van der Waals surface area contributed by atoms with Crippen molar-refractivity contribution < 1.29 is 17.9 Å². The lowest BCUT2D eigenvalue weighted by Gasteiger charge is -2.14. The Morgan fingerprint density at radius 3 is 2.27 bits per heavy atom. The maximum Gasteiger partial charge on any atom is 0.315 e. The Kier molecular flexibility index (Phi) is 4.90. The number of carbonyl (C=O) groups excluding carboxylic acids is 1. The second kappa shape index (κ2) is 6.85. The first-order chi connectivity index (χ1) is 12.4. The minimum Gasteiger partial charge on any atom is -0.465 e. The van der Waals surface area contributed by atoms with E-state index in [2.05, 4.69) is 0 Å². The van der Waals surface area contributed by atoms with Crippen LogP contribution in [0.4, 0.5) is 0 Å². The van der Waals surface area contributed by atoms with Crippen LogP contribution in [-0.4, -0.2) is 32.8 Å². The summed E-state index contributed by atoms with van der Waals surface area (Å²) in [6.07, 6.45) is 0. The van der Waals surface area contributed by atoms with E-state index in [1.807, 2.05) is 37.3 Å². The highest BCUT2D eigenvalue weighted by atomic mass is 32.2. The Hall–Kier alpha value is -2.18. The largest absolute Gasteiger partial charge is 0.465 e. The summed E-state index contributed by atoms with van der Waals surface area (Å²) in [6, 6.07) is 15.8. The quantitative estimate of drug-likeness (QED) is 0.786. The minimum absolute atomic E-state index is 0.0822. The molecule has 0 aromatic heterocycles. The lowest BCUT2D eigenvalue weighted by molar-refractivity contribution is -0.149. The number of aryl methyl sites for hydroxylation is 1. The van der Waals surface area contributed by atoms with Crippen molar-refractivity contribution >= 4 is 15.8 Å². The Balaban J connectivity index is 2.10. The fraction of sp³-hybridized carbons (Fsp3) is 0.350. The molecule has 1 fully saturated rings. The molecule has 0 radical (unpaired) electrons. The summed E-state index contributed by atoms with van der Waals surface area (Å²) in [6.45, 7) is 3.69. The van der Waals surface area contributed by atoms with Crippen LogP contribution in [0.1, 0.15) is 24.0 Å². The molecule has 0 saturated heterocycles. The van der Waals surface area contributed by atoms with Gasteiger partial charge in [0.1, 0.15) is 5.41 Å². The van der Waals surface area contributed by atoms with Gasteiger partial charge in [-0.15, -0.1) is 0 Å². The van der Waals surface area contributed by atoms with Gasteiger partial charge >= 0.3 is 5.97 Å². The Morgan fingerprint density at radius 2 is 1.73 bits per heavy atom. The number of nitrogens with two attached hydrogens (primary N) is 1. The molecule has 2 aromatic carbocycles. The molecule has 3 atom stereocenters. The smallest absolute Gasteiger partial charge is 0.315 e. The van der Waals surface area contributed by atoms with E-state index in [1.165, 1.54) is 0 Å². The zero-order valence-electron chi connectivity index (χ0n) is 14.9. The van der Waals surface area contributed by atoms with Crippen molar-refractivity contribution in [1.29, 1.82) is 0 Å². The van der Waals surface area contributed by atoms with Crippen molar-refractivity contribution in [2.75, 3.05) is 13.2 Å². The molecule has 1 aliphatic carbocycles. The van der Waals surface area contributed by atoms with Gasteiger partial charge in [0.25, 0.3) is 0 Å². The third-order valence-electron chi connectivity index (χ3n) is 5.09. The van der Waals surface area contributed by atoms with E-state index in [0.717, 1.165) is 11.1 Å². The molecule has 0 bridgehead atoms.